The summed E-state index contributed by atoms with van der Waals surface area (Å²) in [5.74, 6) is 1.23. The summed E-state index contributed by atoms with van der Waals surface area (Å²) >= 11 is 0. The highest BCUT2D eigenvalue weighted by atomic mass is 35.5. The van der Waals surface area contributed by atoms with Crippen LogP contribution in [0.1, 0.15) is 39.5 Å². The standard InChI is InChI=1S/C13H24N2O.ClH/c1-10(2)6-13(4-3-5-13)9-15-12(16)11-7-14-8-11;/h10-11,14H,3-9H2,1-2H3,(H,15,16);1H. The van der Waals surface area contributed by atoms with Crippen LogP contribution in [0, 0.1) is 17.3 Å². The van der Waals surface area contributed by atoms with Gasteiger partial charge in [0.1, 0.15) is 0 Å². The van der Waals surface area contributed by atoms with Crippen molar-refractivity contribution in [3.05, 3.63) is 0 Å². The van der Waals surface area contributed by atoms with Crippen LogP contribution in [0.25, 0.3) is 0 Å². The molecule has 4 heteroatoms. The van der Waals surface area contributed by atoms with E-state index in [0.717, 1.165) is 25.6 Å². The predicted molar refractivity (Wildman–Crippen MR) is 72.4 cm³/mol. The zero-order valence-electron chi connectivity index (χ0n) is 10.9. The SMILES string of the molecule is CC(C)CC1(CNC(=O)C2CNC2)CCC1.Cl. The summed E-state index contributed by atoms with van der Waals surface area (Å²) in [6.07, 6.45) is 5.20. The van der Waals surface area contributed by atoms with Gasteiger partial charge in [0, 0.05) is 19.6 Å². The van der Waals surface area contributed by atoms with E-state index in [1.54, 1.807) is 0 Å². The number of hydrogen-bond acceptors (Lipinski definition) is 2. The van der Waals surface area contributed by atoms with Gasteiger partial charge in [-0.25, -0.2) is 0 Å². The van der Waals surface area contributed by atoms with Crippen LogP contribution in [0.2, 0.25) is 0 Å². The van der Waals surface area contributed by atoms with Gasteiger partial charge < -0.3 is 10.6 Å². The van der Waals surface area contributed by atoms with Crippen LogP contribution < -0.4 is 10.6 Å². The average Bonchev–Trinajstić information content (AvgIpc) is 2.05. The second-order valence-electron chi connectivity index (χ2n) is 6.02. The zero-order chi connectivity index (χ0) is 11.6. The first-order valence-electron chi connectivity index (χ1n) is 6.60. The molecule has 1 saturated heterocycles. The molecule has 1 aliphatic carbocycles. The van der Waals surface area contributed by atoms with Gasteiger partial charge in [-0.2, -0.15) is 0 Å². The lowest BCUT2D eigenvalue weighted by atomic mass is 9.64. The summed E-state index contributed by atoms with van der Waals surface area (Å²) in [5, 5.41) is 6.29. The predicted octanol–water partition coefficient (Wildman–Crippen LogP) is 1.96. The highest BCUT2D eigenvalue weighted by Gasteiger charge is 2.38. The van der Waals surface area contributed by atoms with Gasteiger partial charge in [-0.05, 0) is 30.6 Å². The van der Waals surface area contributed by atoms with Crippen molar-refractivity contribution < 1.29 is 4.79 Å². The number of carbonyl (C=O) groups is 1. The minimum Gasteiger partial charge on any atom is -0.355 e. The molecule has 1 heterocycles. The van der Waals surface area contributed by atoms with Gasteiger partial charge in [-0.15, -0.1) is 12.4 Å². The Kier molecular flexibility index (Phi) is 5.26. The Bertz CT molecular complexity index is 260. The lowest BCUT2D eigenvalue weighted by molar-refractivity contribution is -0.127. The monoisotopic (exact) mass is 260 g/mol. The third kappa shape index (κ3) is 3.59. The fourth-order valence-corrected chi connectivity index (χ4v) is 2.89. The summed E-state index contributed by atoms with van der Waals surface area (Å²) in [6, 6.07) is 0. The second kappa shape index (κ2) is 6.05. The number of rotatable bonds is 5. The third-order valence-electron chi connectivity index (χ3n) is 4.05. The van der Waals surface area contributed by atoms with Gasteiger partial charge in [0.2, 0.25) is 5.91 Å². The van der Waals surface area contributed by atoms with Crippen molar-refractivity contribution in [1.29, 1.82) is 0 Å². The van der Waals surface area contributed by atoms with Crippen LogP contribution in [-0.4, -0.2) is 25.5 Å². The lowest BCUT2D eigenvalue weighted by Gasteiger charge is -2.44. The van der Waals surface area contributed by atoms with E-state index < -0.39 is 0 Å². The molecule has 0 aromatic carbocycles. The van der Waals surface area contributed by atoms with Gasteiger partial charge in [0.25, 0.3) is 0 Å². The van der Waals surface area contributed by atoms with Crippen LogP contribution in [0.3, 0.4) is 0 Å². The highest BCUT2D eigenvalue weighted by molar-refractivity contribution is 5.85. The minimum atomic E-state index is 0. The molecule has 0 unspecified atom stereocenters. The summed E-state index contributed by atoms with van der Waals surface area (Å²) in [5.41, 5.74) is 0.432. The second-order valence-corrected chi connectivity index (χ2v) is 6.02. The highest BCUT2D eigenvalue weighted by Crippen LogP contribution is 2.45. The molecular formula is C13H25ClN2O. The van der Waals surface area contributed by atoms with E-state index in [0.29, 0.717) is 5.41 Å². The molecular weight excluding hydrogens is 236 g/mol. The minimum absolute atomic E-state index is 0. The first-order valence-corrected chi connectivity index (χ1v) is 6.60. The number of carbonyl (C=O) groups excluding carboxylic acids is 1. The Balaban J connectivity index is 0.00000144. The zero-order valence-corrected chi connectivity index (χ0v) is 11.7. The molecule has 2 fully saturated rings. The van der Waals surface area contributed by atoms with Crippen LogP contribution >= 0.6 is 12.4 Å². The van der Waals surface area contributed by atoms with Crippen molar-refractivity contribution in [3.8, 4) is 0 Å². The van der Waals surface area contributed by atoms with E-state index in [-0.39, 0.29) is 24.2 Å². The van der Waals surface area contributed by atoms with Crippen molar-refractivity contribution >= 4 is 18.3 Å². The smallest absolute Gasteiger partial charge is 0.225 e. The maximum atomic E-state index is 11.7. The van der Waals surface area contributed by atoms with Gasteiger partial charge >= 0.3 is 0 Å². The van der Waals surface area contributed by atoms with E-state index in [2.05, 4.69) is 24.5 Å². The van der Waals surface area contributed by atoms with Crippen molar-refractivity contribution in [2.75, 3.05) is 19.6 Å². The van der Waals surface area contributed by atoms with Crippen molar-refractivity contribution in [1.82, 2.24) is 10.6 Å². The van der Waals surface area contributed by atoms with Gasteiger partial charge in [-0.3, -0.25) is 4.79 Å². The van der Waals surface area contributed by atoms with Crippen molar-refractivity contribution in [2.24, 2.45) is 17.3 Å². The fourth-order valence-electron chi connectivity index (χ4n) is 2.89. The first-order chi connectivity index (χ1) is 7.61. The Morgan fingerprint density at radius 2 is 2.06 bits per heavy atom. The number of amides is 1. The Morgan fingerprint density at radius 1 is 1.41 bits per heavy atom. The molecule has 0 aromatic heterocycles. The van der Waals surface area contributed by atoms with E-state index in [1.807, 2.05) is 0 Å². The van der Waals surface area contributed by atoms with E-state index in [9.17, 15) is 4.79 Å². The van der Waals surface area contributed by atoms with E-state index in [4.69, 9.17) is 0 Å². The van der Waals surface area contributed by atoms with E-state index in [1.165, 1.54) is 25.7 Å². The summed E-state index contributed by atoms with van der Waals surface area (Å²) in [4.78, 5) is 11.7. The molecule has 0 radical (unpaired) electrons. The maximum absolute atomic E-state index is 11.7. The quantitative estimate of drug-likeness (QED) is 0.794. The van der Waals surface area contributed by atoms with Crippen molar-refractivity contribution in [3.63, 3.8) is 0 Å². The molecule has 100 valence electrons. The molecule has 1 aliphatic heterocycles. The summed E-state index contributed by atoms with van der Waals surface area (Å²) in [6.45, 7) is 7.18. The Hall–Kier alpha value is -0.280. The van der Waals surface area contributed by atoms with Gasteiger partial charge in [-0.1, -0.05) is 20.3 Å². The summed E-state index contributed by atoms with van der Waals surface area (Å²) in [7, 11) is 0. The van der Waals surface area contributed by atoms with Crippen LogP contribution in [0.15, 0.2) is 0 Å². The Labute approximate surface area is 111 Å². The molecule has 1 amide bonds. The molecule has 3 nitrogen and oxygen atoms in total. The first kappa shape index (κ1) is 14.8. The van der Waals surface area contributed by atoms with Crippen molar-refractivity contribution in [2.45, 2.75) is 39.5 Å². The normalized spacial score (nSPS) is 22.3. The van der Waals surface area contributed by atoms with Gasteiger partial charge in [0.15, 0.2) is 0 Å². The molecule has 17 heavy (non-hydrogen) atoms. The van der Waals surface area contributed by atoms with E-state index >= 15 is 0 Å². The summed E-state index contributed by atoms with van der Waals surface area (Å²) < 4.78 is 0. The lowest BCUT2D eigenvalue weighted by Crippen LogP contribution is -2.53. The molecule has 2 rings (SSSR count). The molecule has 2 N–H and O–H groups in total. The van der Waals surface area contributed by atoms with Crippen LogP contribution in [-0.2, 0) is 4.79 Å². The number of hydrogen-bond donors (Lipinski definition) is 2. The molecule has 0 atom stereocenters. The van der Waals surface area contributed by atoms with Gasteiger partial charge in [0.05, 0.1) is 5.92 Å². The Morgan fingerprint density at radius 3 is 2.41 bits per heavy atom. The molecule has 1 saturated carbocycles. The number of halogens is 1. The number of nitrogens with one attached hydrogen (secondary N) is 2. The van der Waals surface area contributed by atoms with Crippen LogP contribution in [0.4, 0.5) is 0 Å². The topological polar surface area (TPSA) is 41.1 Å². The fraction of sp³-hybridized carbons (Fsp3) is 0.923. The maximum Gasteiger partial charge on any atom is 0.225 e. The molecule has 0 aromatic rings. The largest absolute Gasteiger partial charge is 0.355 e. The molecule has 2 aliphatic rings. The molecule has 0 spiro atoms. The third-order valence-corrected chi connectivity index (χ3v) is 4.05. The molecule has 0 bridgehead atoms. The average molecular weight is 261 g/mol. The van der Waals surface area contributed by atoms with Crippen LogP contribution in [0.5, 0.6) is 0 Å².